The van der Waals surface area contributed by atoms with E-state index in [0.717, 1.165) is 0 Å². The van der Waals surface area contributed by atoms with E-state index in [0.29, 0.717) is 21.6 Å². The van der Waals surface area contributed by atoms with Crippen molar-refractivity contribution in [3.8, 4) is 6.07 Å². The van der Waals surface area contributed by atoms with Crippen LogP contribution in [0.2, 0.25) is 0 Å². The second kappa shape index (κ2) is 10.2. The van der Waals surface area contributed by atoms with Gasteiger partial charge < -0.3 is 4.74 Å². The van der Waals surface area contributed by atoms with Gasteiger partial charge in [-0.05, 0) is 6.92 Å². The van der Waals surface area contributed by atoms with E-state index >= 15 is 0 Å². The average Bonchev–Trinajstić information content (AvgIpc) is 2.92. The minimum atomic E-state index is -1.54. The first-order valence-corrected chi connectivity index (χ1v) is 11.3. The first-order chi connectivity index (χ1) is 17.4. The molecule has 0 aliphatic carbocycles. The monoisotopic (exact) mass is 481 g/mol. The van der Waals surface area contributed by atoms with Crippen molar-refractivity contribution >= 4 is 23.8 Å². The summed E-state index contributed by atoms with van der Waals surface area (Å²) in [5, 5.41) is 11.3. The Morgan fingerprint density at radius 3 is 1.78 bits per heavy atom. The zero-order valence-corrected chi connectivity index (χ0v) is 19.5. The SMILES string of the molecule is CC(C#N)C(=O)N1C(=O)NC(=O)CC1C(=O)OC(c1ccccc1)(c1ccccc1)c1ccccc1. The van der Waals surface area contributed by atoms with Crippen LogP contribution in [0.4, 0.5) is 4.79 Å². The molecule has 2 unspecified atom stereocenters. The Balaban J connectivity index is 1.87. The largest absolute Gasteiger partial charge is 0.443 e. The number of nitrogens with zero attached hydrogens (tertiary/aromatic N) is 2. The third kappa shape index (κ3) is 4.46. The number of imide groups is 2. The Kier molecular flexibility index (Phi) is 6.93. The van der Waals surface area contributed by atoms with Crippen molar-refractivity contribution < 1.29 is 23.9 Å². The molecule has 36 heavy (non-hydrogen) atoms. The molecule has 4 rings (SSSR count). The molecule has 0 saturated carbocycles. The summed E-state index contributed by atoms with van der Waals surface area (Å²) in [6.45, 7) is 1.32. The summed E-state index contributed by atoms with van der Waals surface area (Å²) < 4.78 is 6.28. The Labute approximate surface area is 208 Å². The second-order valence-corrected chi connectivity index (χ2v) is 8.33. The Morgan fingerprint density at radius 1 is 0.917 bits per heavy atom. The minimum Gasteiger partial charge on any atom is -0.443 e. The molecular formula is C28H23N3O5. The Bertz CT molecular complexity index is 1220. The summed E-state index contributed by atoms with van der Waals surface area (Å²) in [5.74, 6) is -3.77. The first kappa shape index (κ1) is 24.4. The average molecular weight is 482 g/mol. The van der Waals surface area contributed by atoms with Crippen LogP contribution in [-0.4, -0.2) is 34.8 Å². The lowest BCUT2D eigenvalue weighted by Crippen LogP contribution is -2.61. The number of rotatable bonds is 6. The molecule has 3 aromatic carbocycles. The molecule has 0 radical (unpaired) electrons. The number of hydrogen-bond acceptors (Lipinski definition) is 6. The van der Waals surface area contributed by atoms with E-state index in [1.807, 2.05) is 96.3 Å². The van der Waals surface area contributed by atoms with Crippen LogP contribution in [0.1, 0.15) is 30.0 Å². The van der Waals surface area contributed by atoms with Crippen LogP contribution in [0.25, 0.3) is 0 Å². The van der Waals surface area contributed by atoms with E-state index in [9.17, 15) is 24.4 Å². The van der Waals surface area contributed by atoms with E-state index in [2.05, 4.69) is 0 Å². The lowest BCUT2D eigenvalue weighted by molar-refractivity contribution is -0.164. The van der Waals surface area contributed by atoms with Crippen molar-refractivity contribution in [2.24, 2.45) is 5.92 Å². The molecule has 1 aliphatic heterocycles. The maximum Gasteiger partial charge on any atom is 0.331 e. The first-order valence-electron chi connectivity index (χ1n) is 11.3. The molecule has 1 fully saturated rings. The van der Waals surface area contributed by atoms with Crippen LogP contribution in [0.5, 0.6) is 0 Å². The highest BCUT2D eigenvalue weighted by Gasteiger charge is 2.48. The van der Waals surface area contributed by atoms with Gasteiger partial charge in [-0.15, -0.1) is 0 Å². The molecule has 1 heterocycles. The van der Waals surface area contributed by atoms with E-state index < -0.39 is 47.8 Å². The summed E-state index contributed by atoms with van der Waals surface area (Å²) in [4.78, 5) is 52.1. The van der Waals surface area contributed by atoms with E-state index in [4.69, 9.17) is 4.74 Å². The highest BCUT2D eigenvalue weighted by Crippen LogP contribution is 2.41. The maximum absolute atomic E-state index is 13.8. The lowest BCUT2D eigenvalue weighted by atomic mass is 9.80. The molecule has 180 valence electrons. The molecule has 2 atom stereocenters. The fourth-order valence-electron chi connectivity index (χ4n) is 4.26. The quantitative estimate of drug-likeness (QED) is 0.425. The minimum absolute atomic E-state index is 0.483. The predicted octanol–water partition coefficient (Wildman–Crippen LogP) is 3.52. The zero-order valence-electron chi connectivity index (χ0n) is 19.5. The number of carbonyl (C=O) groups excluding carboxylic acids is 4. The molecule has 0 aromatic heterocycles. The second-order valence-electron chi connectivity index (χ2n) is 8.33. The van der Waals surface area contributed by atoms with E-state index in [-0.39, 0.29) is 0 Å². The van der Waals surface area contributed by atoms with Gasteiger partial charge in [-0.2, -0.15) is 5.26 Å². The van der Waals surface area contributed by atoms with Crippen LogP contribution in [0.15, 0.2) is 91.0 Å². The summed E-state index contributed by atoms with van der Waals surface area (Å²) in [5.41, 5.74) is 0.440. The molecule has 0 spiro atoms. The maximum atomic E-state index is 13.8. The number of amides is 4. The number of carbonyl (C=O) groups is 4. The summed E-state index contributed by atoms with van der Waals surface area (Å²) in [6, 6.07) is 26.4. The van der Waals surface area contributed by atoms with Gasteiger partial charge in [0.15, 0.2) is 5.60 Å². The van der Waals surface area contributed by atoms with Gasteiger partial charge in [-0.1, -0.05) is 91.0 Å². The van der Waals surface area contributed by atoms with Gasteiger partial charge in [0.1, 0.15) is 12.0 Å². The van der Waals surface area contributed by atoms with E-state index in [1.54, 1.807) is 6.07 Å². The number of nitriles is 1. The predicted molar refractivity (Wildman–Crippen MR) is 129 cm³/mol. The summed E-state index contributed by atoms with van der Waals surface area (Å²) in [7, 11) is 0. The van der Waals surface area contributed by atoms with Crippen LogP contribution in [-0.2, 0) is 24.7 Å². The molecule has 1 saturated heterocycles. The van der Waals surface area contributed by atoms with Crippen molar-refractivity contribution in [3.05, 3.63) is 108 Å². The highest BCUT2D eigenvalue weighted by molar-refractivity contribution is 6.09. The van der Waals surface area contributed by atoms with Crippen LogP contribution in [0, 0.1) is 17.2 Å². The molecule has 8 heteroatoms. The van der Waals surface area contributed by atoms with Crippen molar-refractivity contribution in [1.29, 1.82) is 5.26 Å². The molecule has 3 aromatic rings. The van der Waals surface area contributed by atoms with Crippen LogP contribution in [0.3, 0.4) is 0 Å². The fraction of sp³-hybridized carbons (Fsp3) is 0.179. The fourth-order valence-corrected chi connectivity index (χ4v) is 4.26. The van der Waals surface area contributed by atoms with Gasteiger partial charge in [0.05, 0.1) is 12.5 Å². The van der Waals surface area contributed by atoms with Gasteiger partial charge in [-0.3, -0.25) is 14.9 Å². The summed E-state index contributed by atoms with van der Waals surface area (Å²) in [6.07, 6.45) is -0.483. The number of hydrogen-bond donors (Lipinski definition) is 1. The van der Waals surface area contributed by atoms with Gasteiger partial charge in [0.2, 0.25) is 11.8 Å². The third-order valence-electron chi connectivity index (χ3n) is 6.02. The van der Waals surface area contributed by atoms with Crippen LogP contribution < -0.4 is 5.32 Å². The van der Waals surface area contributed by atoms with E-state index in [1.165, 1.54) is 6.92 Å². The smallest absolute Gasteiger partial charge is 0.331 e. The number of esters is 1. The molecule has 1 N–H and O–H groups in total. The van der Waals surface area contributed by atoms with Gasteiger partial charge in [0, 0.05) is 16.7 Å². The van der Waals surface area contributed by atoms with Gasteiger partial charge in [0.25, 0.3) is 0 Å². The molecule has 4 amide bonds. The molecule has 8 nitrogen and oxygen atoms in total. The van der Waals surface area contributed by atoms with Crippen LogP contribution >= 0.6 is 0 Å². The van der Waals surface area contributed by atoms with Crippen molar-refractivity contribution in [1.82, 2.24) is 10.2 Å². The zero-order chi connectivity index (χ0) is 25.7. The Hall–Kier alpha value is -4.77. The summed E-state index contributed by atoms with van der Waals surface area (Å²) >= 11 is 0. The number of nitrogens with one attached hydrogen (secondary N) is 1. The number of urea groups is 1. The molecule has 0 bridgehead atoms. The van der Waals surface area contributed by atoms with Crippen molar-refractivity contribution in [2.45, 2.75) is 25.0 Å². The third-order valence-corrected chi connectivity index (χ3v) is 6.02. The standard InChI is InChI=1S/C28H23N3O5/c1-19(18-29)25(33)31-23(17-24(32)30-27(31)35)26(34)36-28(20-11-5-2-6-12-20,21-13-7-3-8-14-21)22-15-9-4-10-16-22/h2-16,19,23H,17H2,1H3,(H,30,32,35). The Morgan fingerprint density at radius 2 is 1.36 bits per heavy atom. The number of benzene rings is 3. The van der Waals surface area contributed by atoms with Crippen molar-refractivity contribution in [2.75, 3.05) is 0 Å². The molecule has 1 aliphatic rings. The normalized spacial score (nSPS) is 16.4. The topological polar surface area (TPSA) is 117 Å². The van der Waals surface area contributed by atoms with Crippen molar-refractivity contribution in [3.63, 3.8) is 0 Å². The molecular weight excluding hydrogens is 458 g/mol. The van der Waals surface area contributed by atoms with Gasteiger partial charge in [-0.25, -0.2) is 14.5 Å². The number of ether oxygens (including phenoxy) is 1. The highest BCUT2D eigenvalue weighted by atomic mass is 16.6. The van der Waals surface area contributed by atoms with Gasteiger partial charge >= 0.3 is 12.0 Å². The lowest BCUT2D eigenvalue weighted by Gasteiger charge is -2.39.